The van der Waals surface area contributed by atoms with Crippen molar-refractivity contribution in [3.63, 3.8) is 0 Å². The van der Waals surface area contributed by atoms with Gasteiger partial charge in [-0.3, -0.25) is 0 Å². The molecule has 2 heteroatoms. The number of aryl methyl sites for hydroxylation is 2. The summed E-state index contributed by atoms with van der Waals surface area (Å²) < 4.78 is 0. The van der Waals surface area contributed by atoms with Crippen LogP contribution in [-0.2, 0) is 6.42 Å². The Kier molecular flexibility index (Phi) is 4.62. The van der Waals surface area contributed by atoms with Gasteiger partial charge in [0.1, 0.15) is 0 Å². The highest BCUT2D eigenvalue weighted by Crippen LogP contribution is 2.25. The molecule has 0 aliphatic carbocycles. The minimum Gasteiger partial charge on any atom is -0.320 e. The fraction of sp³-hybridized carbons (Fsp3) is 0.294. The van der Waals surface area contributed by atoms with Gasteiger partial charge in [-0.05, 0) is 47.7 Å². The van der Waals surface area contributed by atoms with Crippen LogP contribution in [-0.4, -0.2) is 0 Å². The predicted octanol–water partition coefficient (Wildman–Crippen LogP) is 4.65. The summed E-state index contributed by atoms with van der Waals surface area (Å²) >= 11 is 5.99. The second kappa shape index (κ2) is 6.23. The Hall–Kier alpha value is -1.31. The summed E-state index contributed by atoms with van der Waals surface area (Å²) in [4.78, 5) is 0. The van der Waals surface area contributed by atoms with Crippen LogP contribution >= 0.6 is 11.6 Å². The normalized spacial score (nSPS) is 12.4. The van der Waals surface area contributed by atoms with Crippen molar-refractivity contribution in [2.24, 2.45) is 5.73 Å². The van der Waals surface area contributed by atoms with E-state index in [0.717, 1.165) is 34.6 Å². The van der Waals surface area contributed by atoms with Gasteiger partial charge in [-0.1, -0.05) is 55.3 Å². The monoisotopic (exact) mass is 273 g/mol. The molecule has 1 nitrogen and oxygen atoms in total. The molecule has 1 unspecified atom stereocenters. The van der Waals surface area contributed by atoms with Gasteiger partial charge in [0.25, 0.3) is 0 Å². The average molecular weight is 274 g/mol. The Labute approximate surface area is 120 Å². The van der Waals surface area contributed by atoms with E-state index in [4.69, 9.17) is 17.3 Å². The third-order valence-electron chi connectivity index (χ3n) is 3.42. The van der Waals surface area contributed by atoms with Gasteiger partial charge in [0.2, 0.25) is 0 Å². The highest BCUT2D eigenvalue weighted by Gasteiger charge is 2.12. The van der Waals surface area contributed by atoms with Crippen LogP contribution in [0.5, 0.6) is 0 Å². The van der Waals surface area contributed by atoms with E-state index in [1.54, 1.807) is 0 Å². The van der Waals surface area contributed by atoms with Gasteiger partial charge >= 0.3 is 0 Å². The molecular weight excluding hydrogens is 254 g/mol. The topological polar surface area (TPSA) is 26.0 Å². The molecule has 19 heavy (non-hydrogen) atoms. The Morgan fingerprint density at radius 1 is 1.16 bits per heavy atom. The minimum atomic E-state index is -0.0888. The second-order valence-corrected chi connectivity index (χ2v) is 5.41. The summed E-state index contributed by atoms with van der Waals surface area (Å²) in [7, 11) is 0. The van der Waals surface area contributed by atoms with Crippen LogP contribution in [0, 0.1) is 6.92 Å². The van der Waals surface area contributed by atoms with Gasteiger partial charge in [-0.2, -0.15) is 0 Å². The van der Waals surface area contributed by atoms with Crippen LogP contribution in [0.3, 0.4) is 0 Å². The molecule has 2 aromatic carbocycles. The quantitative estimate of drug-likeness (QED) is 0.862. The molecule has 0 saturated carbocycles. The fourth-order valence-electron chi connectivity index (χ4n) is 2.40. The van der Waals surface area contributed by atoms with E-state index in [0.29, 0.717) is 0 Å². The van der Waals surface area contributed by atoms with E-state index in [1.165, 1.54) is 5.56 Å². The summed E-state index contributed by atoms with van der Waals surface area (Å²) in [5.74, 6) is 0. The number of hydrogen-bond donors (Lipinski definition) is 1. The van der Waals surface area contributed by atoms with Gasteiger partial charge in [-0.15, -0.1) is 0 Å². The maximum absolute atomic E-state index is 6.39. The van der Waals surface area contributed by atoms with E-state index in [-0.39, 0.29) is 6.04 Å². The van der Waals surface area contributed by atoms with Gasteiger partial charge < -0.3 is 5.73 Å². The fourth-order valence-corrected chi connectivity index (χ4v) is 2.63. The molecule has 100 valence electrons. The highest BCUT2D eigenvalue weighted by molar-refractivity contribution is 6.30. The van der Waals surface area contributed by atoms with Crippen LogP contribution in [0.2, 0.25) is 5.02 Å². The first kappa shape index (κ1) is 14.1. The van der Waals surface area contributed by atoms with Crippen molar-refractivity contribution in [2.75, 3.05) is 0 Å². The molecule has 2 rings (SSSR count). The van der Waals surface area contributed by atoms with Crippen molar-refractivity contribution in [1.82, 2.24) is 0 Å². The maximum atomic E-state index is 6.39. The summed E-state index contributed by atoms with van der Waals surface area (Å²) in [6.45, 7) is 4.24. The Bertz CT molecular complexity index is 563. The van der Waals surface area contributed by atoms with Crippen LogP contribution in [0.1, 0.15) is 41.6 Å². The van der Waals surface area contributed by atoms with E-state index in [9.17, 15) is 0 Å². The number of benzene rings is 2. The lowest BCUT2D eigenvalue weighted by Gasteiger charge is -2.16. The Morgan fingerprint density at radius 2 is 1.95 bits per heavy atom. The zero-order valence-electron chi connectivity index (χ0n) is 11.5. The lowest BCUT2D eigenvalue weighted by atomic mass is 9.94. The molecule has 1 atom stereocenters. The van der Waals surface area contributed by atoms with E-state index >= 15 is 0 Å². The molecule has 0 amide bonds. The minimum absolute atomic E-state index is 0.0888. The molecule has 0 radical (unpaired) electrons. The first-order valence-corrected chi connectivity index (χ1v) is 7.10. The number of halogens is 1. The largest absolute Gasteiger partial charge is 0.320 e. The van der Waals surface area contributed by atoms with Gasteiger partial charge in [0, 0.05) is 5.02 Å². The molecule has 0 aromatic heterocycles. The van der Waals surface area contributed by atoms with Crippen LogP contribution in [0.15, 0.2) is 42.5 Å². The SMILES string of the molecule is CCCc1cccc(C(N)c2ccc(Cl)cc2C)c1. The zero-order chi connectivity index (χ0) is 13.8. The lowest BCUT2D eigenvalue weighted by molar-refractivity contribution is 0.851. The first-order valence-electron chi connectivity index (χ1n) is 6.72. The summed E-state index contributed by atoms with van der Waals surface area (Å²) in [6.07, 6.45) is 2.25. The van der Waals surface area contributed by atoms with Crippen molar-refractivity contribution in [2.45, 2.75) is 32.7 Å². The molecular formula is C17H20ClN. The third-order valence-corrected chi connectivity index (χ3v) is 3.65. The number of nitrogens with two attached hydrogens (primary N) is 1. The Balaban J connectivity index is 2.32. The second-order valence-electron chi connectivity index (χ2n) is 4.97. The van der Waals surface area contributed by atoms with Crippen molar-refractivity contribution in [3.05, 3.63) is 69.7 Å². The summed E-state index contributed by atoms with van der Waals surface area (Å²) in [6, 6.07) is 14.4. The Morgan fingerprint density at radius 3 is 2.63 bits per heavy atom. The molecule has 0 aliphatic rings. The van der Waals surface area contributed by atoms with Crippen LogP contribution < -0.4 is 5.73 Å². The average Bonchev–Trinajstić information content (AvgIpc) is 2.39. The molecule has 2 N–H and O–H groups in total. The molecule has 0 saturated heterocycles. The van der Waals surface area contributed by atoms with Crippen molar-refractivity contribution in [3.8, 4) is 0 Å². The van der Waals surface area contributed by atoms with E-state index in [2.05, 4.69) is 38.1 Å². The predicted molar refractivity (Wildman–Crippen MR) is 82.7 cm³/mol. The first-order chi connectivity index (χ1) is 9.11. The molecule has 0 heterocycles. The molecule has 0 aliphatic heterocycles. The van der Waals surface area contributed by atoms with E-state index < -0.39 is 0 Å². The smallest absolute Gasteiger partial charge is 0.0554 e. The van der Waals surface area contributed by atoms with Crippen LogP contribution in [0.25, 0.3) is 0 Å². The molecule has 0 spiro atoms. The molecule has 2 aromatic rings. The third kappa shape index (κ3) is 3.37. The van der Waals surface area contributed by atoms with Crippen molar-refractivity contribution < 1.29 is 0 Å². The molecule has 0 bridgehead atoms. The van der Waals surface area contributed by atoms with Crippen molar-refractivity contribution >= 4 is 11.6 Å². The maximum Gasteiger partial charge on any atom is 0.0554 e. The van der Waals surface area contributed by atoms with E-state index in [1.807, 2.05) is 18.2 Å². The van der Waals surface area contributed by atoms with Gasteiger partial charge in [0.05, 0.1) is 6.04 Å². The number of hydrogen-bond acceptors (Lipinski definition) is 1. The zero-order valence-corrected chi connectivity index (χ0v) is 12.2. The standard InChI is InChI=1S/C17H20ClN/c1-3-5-13-6-4-7-14(11-13)17(19)16-9-8-15(18)10-12(16)2/h4,6-11,17H,3,5,19H2,1-2H3. The van der Waals surface area contributed by atoms with Gasteiger partial charge in [-0.25, -0.2) is 0 Å². The van der Waals surface area contributed by atoms with Gasteiger partial charge in [0.15, 0.2) is 0 Å². The number of rotatable bonds is 4. The summed E-state index contributed by atoms with van der Waals surface area (Å²) in [5, 5.41) is 0.758. The highest BCUT2D eigenvalue weighted by atomic mass is 35.5. The van der Waals surface area contributed by atoms with Crippen molar-refractivity contribution in [1.29, 1.82) is 0 Å². The molecule has 0 fully saturated rings. The van der Waals surface area contributed by atoms with Crippen LogP contribution in [0.4, 0.5) is 0 Å². The lowest BCUT2D eigenvalue weighted by Crippen LogP contribution is -2.13. The summed E-state index contributed by atoms with van der Waals surface area (Å²) in [5.41, 5.74) is 11.2.